The topological polar surface area (TPSA) is 55.3 Å². The molecular weight excluding hydrogens is 290 g/mol. The van der Waals surface area contributed by atoms with Crippen LogP contribution in [-0.2, 0) is 4.79 Å². The summed E-state index contributed by atoms with van der Waals surface area (Å²) in [6.45, 7) is 5.11. The van der Waals surface area contributed by atoms with E-state index in [-0.39, 0.29) is 11.8 Å². The largest absolute Gasteiger partial charge is 0.439 e. The zero-order valence-corrected chi connectivity index (χ0v) is 13.5. The third-order valence-electron chi connectivity index (χ3n) is 4.12. The lowest BCUT2D eigenvalue weighted by Crippen LogP contribution is -2.36. The molecule has 0 bridgehead atoms. The number of para-hydroxylation sites is 1. The van der Waals surface area contributed by atoms with Gasteiger partial charge in [-0.25, -0.2) is 4.98 Å². The molecule has 0 N–H and O–H groups in total. The average molecular weight is 311 g/mol. The Morgan fingerprint density at radius 1 is 1.17 bits per heavy atom. The van der Waals surface area contributed by atoms with Gasteiger partial charge in [-0.1, -0.05) is 18.2 Å². The van der Waals surface area contributed by atoms with E-state index in [0.717, 1.165) is 43.2 Å². The zero-order chi connectivity index (χ0) is 16.2. The van der Waals surface area contributed by atoms with Gasteiger partial charge >= 0.3 is 0 Å². The van der Waals surface area contributed by atoms with Crippen LogP contribution in [0.4, 0.5) is 0 Å². The van der Waals surface area contributed by atoms with Gasteiger partial charge in [-0.15, -0.1) is 0 Å². The first-order valence-corrected chi connectivity index (χ1v) is 7.96. The highest BCUT2D eigenvalue weighted by Gasteiger charge is 2.24. The van der Waals surface area contributed by atoms with Crippen LogP contribution in [0, 0.1) is 6.92 Å². The summed E-state index contributed by atoms with van der Waals surface area (Å²) < 4.78 is 5.83. The van der Waals surface area contributed by atoms with Crippen molar-refractivity contribution in [2.45, 2.75) is 32.6 Å². The van der Waals surface area contributed by atoms with E-state index >= 15 is 0 Å². The van der Waals surface area contributed by atoms with Crippen molar-refractivity contribution >= 4 is 5.91 Å². The van der Waals surface area contributed by atoms with E-state index in [0.29, 0.717) is 5.88 Å². The Hall–Kier alpha value is -2.43. The maximum atomic E-state index is 11.4. The first-order valence-electron chi connectivity index (χ1n) is 7.96. The van der Waals surface area contributed by atoms with E-state index in [9.17, 15) is 4.79 Å². The molecule has 0 radical (unpaired) electrons. The molecule has 23 heavy (non-hydrogen) atoms. The Kier molecular flexibility index (Phi) is 4.55. The smallest absolute Gasteiger partial charge is 0.222 e. The van der Waals surface area contributed by atoms with Crippen LogP contribution in [0.25, 0.3) is 0 Å². The molecule has 1 aliphatic rings. The Morgan fingerprint density at radius 3 is 2.52 bits per heavy atom. The van der Waals surface area contributed by atoms with Crippen molar-refractivity contribution in [1.82, 2.24) is 14.9 Å². The van der Waals surface area contributed by atoms with Crippen molar-refractivity contribution in [3.63, 3.8) is 0 Å². The fourth-order valence-electron chi connectivity index (χ4n) is 2.86. The molecule has 3 rings (SSSR count). The van der Waals surface area contributed by atoms with Gasteiger partial charge in [-0.3, -0.25) is 4.79 Å². The number of nitrogens with zero attached hydrogens (tertiary/aromatic N) is 3. The van der Waals surface area contributed by atoms with E-state index in [1.807, 2.05) is 48.2 Å². The highest BCUT2D eigenvalue weighted by atomic mass is 16.5. The molecule has 5 nitrogen and oxygen atoms in total. The Balaban J connectivity index is 1.75. The van der Waals surface area contributed by atoms with Gasteiger partial charge in [0, 0.05) is 37.7 Å². The number of ether oxygens (including phenoxy) is 1. The maximum absolute atomic E-state index is 11.4. The van der Waals surface area contributed by atoms with Crippen molar-refractivity contribution in [2.75, 3.05) is 13.1 Å². The minimum atomic E-state index is 0.140. The maximum Gasteiger partial charge on any atom is 0.222 e. The number of likely N-dealkylation sites (tertiary alicyclic amines) is 1. The third-order valence-corrected chi connectivity index (χ3v) is 4.12. The van der Waals surface area contributed by atoms with E-state index in [1.54, 1.807) is 6.92 Å². The summed E-state index contributed by atoms with van der Waals surface area (Å²) >= 11 is 0. The van der Waals surface area contributed by atoms with Crippen LogP contribution in [0.5, 0.6) is 11.6 Å². The fourth-order valence-corrected chi connectivity index (χ4v) is 2.86. The molecule has 0 aliphatic carbocycles. The number of rotatable bonds is 3. The van der Waals surface area contributed by atoms with Gasteiger partial charge in [0.2, 0.25) is 11.8 Å². The molecule has 0 spiro atoms. The summed E-state index contributed by atoms with van der Waals surface area (Å²) in [4.78, 5) is 22.5. The monoisotopic (exact) mass is 311 g/mol. The second-order valence-electron chi connectivity index (χ2n) is 5.90. The summed E-state index contributed by atoms with van der Waals surface area (Å²) in [6, 6.07) is 11.5. The van der Waals surface area contributed by atoms with Crippen LogP contribution >= 0.6 is 0 Å². The molecule has 5 heteroatoms. The third kappa shape index (κ3) is 3.86. The number of aromatic nitrogens is 2. The van der Waals surface area contributed by atoms with Gasteiger partial charge in [0.25, 0.3) is 0 Å². The quantitative estimate of drug-likeness (QED) is 0.872. The van der Waals surface area contributed by atoms with E-state index in [1.165, 1.54) is 0 Å². The van der Waals surface area contributed by atoms with E-state index in [2.05, 4.69) is 9.97 Å². The highest BCUT2D eigenvalue weighted by Crippen LogP contribution is 2.28. The molecule has 1 aromatic heterocycles. The summed E-state index contributed by atoms with van der Waals surface area (Å²) in [5.41, 5.74) is 0.898. The van der Waals surface area contributed by atoms with Gasteiger partial charge in [0.15, 0.2) is 0 Å². The molecule has 0 unspecified atom stereocenters. The average Bonchev–Trinajstić information content (AvgIpc) is 2.55. The first-order chi connectivity index (χ1) is 11.1. The zero-order valence-electron chi connectivity index (χ0n) is 13.5. The number of hydrogen-bond donors (Lipinski definition) is 0. The van der Waals surface area contributed by atoms with Crippen molar-refractivity contribution < 1.29 is 9.53 Å². The minimum absolute atomic E-state index is 0.140. The van der Waals surface area contributed by atoms with Gasteiger partial charge in [0.05, 0.1) is 0 Å². The normalized spacial score (nSPS) is 15.5. The van der Waals surface area contributed by atoms with Crippen molar-refractivity contribution in [3.05, 3.63) is 47.9 Å². The SMILES string of the molecule is CC(=O)N1CCC(c2nc(C)cc(Oc3ccccc3)n2)CC1. The first kappa shape index (κ1) is 15.5. The minimum Gasteiger partial charge on any atom is -0.439 e. The van der Waals surface area contributed by atoms with Crippen molar-refractivity contribution in [1.29, 1.82) is 0 Å². The fraction of sp³-hybridized carbons (Fsp3) is 0.389. The Labute approximate surface area is 136 Å². The molecule has 1 fully saturated rings. The summed E-state index contributed by atoms with van der Waals surface area (Å²) in [7, 11) is 0. The molecular formula is C18H21N3O2. The number of carbonyl (C=O) groups is 1. The molecule has 2 heterocycles. The lowest BCUT2D eigenvalue weighted by Gasteiger charge is -2.30. The predicted molar refractivity (Wildman–Crippen MR) is 87.5 cm³/mol. The molecule has 120 valence electrons. The molecule has 1 aliphatic heterocycles. The summed E-state index contributed by atoms with van der Waals surface area (Å²) in [6.07, 6.45) is 1.79. The molecule has 2 aromatic rings. The standard InChI is InChI=1S/C18H21N3O2/c1-13-12-17(23-16-6-4-3-5-7-16)20-18(19-13)15-8-10-21(11-9-15)14(2)22/h3-7,12,15H,8-11H2,1-2H3. The summed E-state index contributed by atoms with van der Waals surface area (Å²) in [5.74, 6) is 2.58. The number of carbonyl (C=O) groups excluding carboxylic acids is 1. The summed E-state index contributed by atoms with van der Waals surface area (Å²) in [5, 5.41) is 0. The van der Waals surface area contributed by atoms with Crippen LogP contribution in [0.3, 0.4) is 0 Å². The van der Waals surface area contributed by atoms with Crippen LogP contribution in [-0.4, -0.2) is 33.9 Å². The van der Waals surface area contributed by atoms with Crippen LogP contribution in [0.15, 0.2) is 36.4 Å². The number of benzene rings is 1. The number of piperidine rings is 1. The second kappa shape index (κ2) is 6.77. The Morgan fingerprint density at radius 2 is 1.87 bits per heavy atom. The Bertz CT molecular complexity index is 680. The van der Waals surface area contributed by atoms with Gasteiger partial charge in [-0.2, -0.15) is 4.98 Å². The molecule has 1 aromatic carbocycles. The van der Waals surface area contributed by atoms with Crippen molar-refractivity contribution in [2.24, 2.45) is 0 Å². The van der Waals surface area contributed by atoms with E-state index in [4.69, 9.17) is 4.74 Å². The molecule has 0 saturated carbocycles. The molecule has 0 atom stereocenters. The number of amides is 1. The van der Waals surface area contributed by atoms with Crippen molar-refractivity contribution in [3.8, 4) is 11.6 Å². The van der Waals surface area contributed by atoms with Crippen LogP contribution in [0.2, 0.25) is 0 Å². The van der Waals surface area contributed by atoms with Gasteiger partial charge < -0.3 is 9.64 Å². The van der Waals surface area contributed by atoms with E-state index < -0.39 is 0 Å². The highest BCUT2D eigenvalue weighted by molar-refractivity contribution is 5.73. The van der Waals surface area contributed by atoms with Gasteiger partial charge in [-0.05, 0) is 31.9 Å². The molecule has 1 saturated heterocycles. The van der Waals surface area contributed by atoms with Gasteiger partial charge in [0.1, 0.15) is 11.6 Å². The lowest BCUT2D eigenvalue weighted by molar-refractivity contribution is -0.129. The predicted octanol–water partition coefficient (Wildman–Crippen LogP) is 3.30. The number of hydrogen-bond acceptors (Lipinski definition) is 4. The molecule has 1 amide bonds. The van der Waals surface area contributed by atoms with Crippen LogP contribution in [0.1, 0.15) is 37.2 Å². The number of aryl methyl sites for hydroxylation is 1. The lowest BCUT2D eigenvalue weighted by atomic mass is 9.96. The second-order valence-corrected chi connectivity index (χ2v) is 5.90. The van der Waals surface area contributed by atoms with Crippen LogP contribution < -0.4 is 4.74 Å².